The van der Waals surface area contributed by atoms with Gasteiger partial charge in [0.1, 0.15) is 0 Å². The Labute approximate surface area is 211 Å². The highest BCUT2D eigenvalue weighted by Crippen LogP contribution is 2.40. The number of hydrogen-bond acceptors (Lipinski definition) is 4. The molecule has 36 heavy (non-hydrogen) atoms. The molecule has 2 aromatic carbocycles. The van der Waals surface area contributed by atoms with Crippen molar-refractivity contribution in [3.05, 3.63) is 59.7 Å². The maximum absolute atomic E-state index is 11.4. The van der Waals surface area contributed by atoms with E-state index in [9.17, 15) is 18.7 Å². The Balaban J connectivity index is 1.65. The standard InChI is InChI=1S/C24H34N2O8P2/c27-19-25(23-11-7-21(8-12-23)17-35(29,30)31)15-5-3-1-2-4-6-16-26(20-28)24-13-9-22(10-14-24)18-36(32,33)34/h7-14,19-20H,1-6,15-18H2,(H2,29,30,31)(H2,32,33,34). The van der Waals surface area contributed by atoms with E-state index in [1.807, 2.05) is 0 Å². The third kappa shape index (κ3) is 11.6. The van der Waals surface area contributed by atoms with E-state index in [1.165, 1.54) is 0 Å². The molecule has 12 heteroatoms. The number of amides is 2. The fourth-order valence-corrected chi connectivity index (χ4v) is 5.19. The molecule has 10 nitrogen and oxygen atoms in total. The molecule has 0 saturated heterocycles. The van der Waals surface area contributed by atoms with Crippen LogP contribution in [0.3, 0.4) is 0 Å². The molecule has 2 aromatic rings. The van der Waals surface area contributed by atoms with Gasteiger partial charge < -0.3 is 29.4 Å². The molecule has 0 heterocycles. The van der Waals surface area contributed by atoms with E-state index in [-0.39, 0.29) is 12.3 Å². The summed E-state index contributed by atoms with van der Waals surface area (Å²) in [6, 6.07) is 13.2. The third-order valence-electron chi connectivity index (χ3n) is 5.62. The van der Waals surface area contributed by atoms with Gasteiger partial charge in [0, 0.05) is 24.5 Å². The van der Waals surface area contributed by atoms with Crippen molar-refractivity contribution in [2.24, 2.45) is 0 Å². The first-order valence-electron chi connectivity index (χ1n) is 11.7. The van der Waals surface area contributed by atoms with Crippen LogP contribution in [0.4, 0.5) is 11.4 Å². The Morgan fingerprint density at radius 1 is 0.556 bits per heavy atom. The highest BCUT2D eigenvalue weighted by molar-refractivity contribution is 7.51. The first-order valence-corrected chi connectivity index (χ1v) is 15.3. The molecule has 2 rings (SSSR count). The van der Waals surface area contributed by atoms with Crippen LogP contribution < -0.4 is 9.80 Å². The second kappa shape index (κ2) is 14.4. The van der Waals surface area contributed by atoms with E-state index < -0.39 is 15.2 Å². The lowest BCUT2D eigenvalue weighted by Crippen LogP contribution is -2.22. The van der Waals surface area contributed by atoms with Crippen molar-refractivity contribution < 1.29 is 38.3 Å². The van der Waals surface area contributed by atoms with Crippen LogP contribution in [0.15, 0.2) is 48.5 Å². The third-order valence-corrected chi connectivity index (χ3v) is 7.17. The van der Waals surface area contributed by atoms with Crippen LogP contribution >= 0.6 is 15.2 Å². The molecule has 2 amide bonds. The number of unbranched alkanes of at least 4 members (excludes halogenated alkanes) is 5. The van der Waals surface area contributed by atoms with Crippen LogP contribution in [0.25, 0.3) is 0 Å². The molecule has 0 spiro atoms. The Morgan fingerprint density at radius 3 is 1.14 bits per heavy atom. The smallest absolute Gasteiger partial charge is 0.324 e. The van der Waals surface area contributed by atoms with Crippen molar-refractivity contribution >= 4 is 39.4 Å². The van der Waals surface area contributed by atoms with E-state index in [4.69, 9.17) is 19.6 Å². The quantitative estimate of drug-likeness (QED) is 0.133. The van der Waals surface area contributed by atoms with E-state index >= 15 is 0 Å². The van der Waals surface area contributed by atoms with Crippen LogP contribution in [0.1, 0.15) is 49.7 Å². The zero-order chi connectivity index (χ0) is 26.6. The topological polar surface area (TPSA) is 156 Å². The van der Waals surface area contributed by atoms with E-state index in [1.54, 1.807) is 58.3 Å². The molecule has 0 aliphatic rings. The van der Waals surface area contributed by atoms with Gasteiger partial charge in [-0.05, 0) is 48.2 Å². The predicted molar refractivity (Wildman–Crippen MR) is 139 cm³/mol. The van der Waals surface area contributed by atoms with Crippen LogP contribution in [-0.2, 0) is 31.0 Å². The van der Waals surface area contributed by atoms with Crippen molar-refractivity contribution in [3.63, 3.8) is 0 Å². The number of anilines is 2. The summed E-state index contributed by atoms with van der Waals surface area (Å²) in [7, 11) is -8.25. The van der Waals surface area contributed by atoms with Gasteiger partial charge in [0.2, 0.25) is 12.8 Å². The molecule has 0 saturated carbocycles. The van der Waals surface area contributed by atoms with Crippen molar-refractivity contribution in [3.8, 4) is 0 Å². The summed E-state index contributed by atoms with van der Waals surface area (Å²) in [6.07, 6.45) is 6.37. The first kappa shape index (κ1) is 29.9. The minimum atomic E-state index is -4.13. The first-order chi connectivity index (χ1) is 17.0. The summed E-state index contributed by atoms with van der Waals surface area (Å²) in [5, 5.41) is 0. The van der Waals surface area contributed by atoms with Crippen LogP contribution in [0.5, 0.6) is 0 Å². The summed E-state index contributed by atoms with van der Waals surface area (Å²) >= 11 is 0. The molecule has 0 aromatic heterocycles. The molecule has 0 atom stereocenters. The molecule has 0 unspecified atom stereocenters. The fraction of sp³-hybridized carbons (Fsp3) is 0.417. The van der Waals surface area contributed by atoms with Gasteiger partial charge in [-0.3, -0.25) is 18.7 Å². The zero-order valence-electron chi connectivity index (χ0n) is 20.1. The second-order valence-electron chi connectivity index (χ2n) is 8.70. The largest absolute Gasteiger partial charge is 0.329 e. The Morgan fingerprint density at radius 2 is 0.861 bits per heavy atom. The highest BCUT2D eigenvalue weighted by atomic mass is 31.2. The molecule has 0 radical (unpaired) electrons. The Hall–Kier alpha value is -2.32. The van der Waals surface area contributed by atoms with Gasteiger partial charge >= 0.3 is 15.2 Å². The lowest BCUT2D eigenvalue weighted by Gasteiger charge is -2.18. The average molecular weight is 540 g/mol. The molecular weight excluding hydrogens is 506 g/mol. The van der Waals surface area contributed by atoms with E-state index in [0.29, 0.717) is 35.6 Å². The SMILES string of the molecule is O=CN(CCCCCCCCN(C=O)c1ccc(CP(=O)(O)O)cc1)c1ccc(CP(=O)(O)O)cc1. The summed E-state index contributed by atoms with van der Waals surface area (Å²) in [5.74, 6) is 0. The number of rotatable bonds is 17. The molecule has 0 fully saturated rings. The summed E-state index contributed by atoms with van der Waals surface area (Å²) in [5.41, 5.74) is 2.40. The molecule has 0 bridgehead atoms. The van der Waals surface area contributed by atoms with Gasteiger partial charge in [0.25, 0.3) is 0 Å². The summed E-state index contributed by atoms with van der Waals surface area (Å²) < 4.78 is 22.2. The van der Waals surface area contributed by atoms with Gasteiger partial charge in [-0.25, -0.2) is 0 Å². The van der Waals surface area contributed by atoms with Gasteiger partial charge in [-0.15, -0.1) is 0 Å². The number of benzene rings is 2. The van der Waals surface area contributed by atoms with Gasteiger partial charge in [-0.2, -0.15) is 0 Å². The summed E-state index contributed by atoms with van der Waals surface area (Å²) in [6.45, 7) is 1.11. The van der Waals surface area contributed by atoms with E-state index in [2.05, 4.69) is 0 Å². The van der Waals surface area contributed by atoms with Crippen LogP contribution in [0.2, 0.25) is 0 Å². The number of carbonyl (C=O) groups is 2. The maximum atomic E-state index is 11.4. The molecule has 0 aliphatic heterocycles. The van der Waals surface area contributed by atoms with Gasteiger partial charge in [0.05, 0.1) is 12.3 Å². The molecular formula is C24H34N2O8P2. The molecule has 0 aliphatic carbocycles. The molecule has 198 valence electrons. The van der Waals surface area contributed by atoms with Crippen LogP contribution in [-0.4, -0.2) is 45.5 Å². The van der Waals surface area contributed by atoms with Crippen molar-refractivity contribution in [2.45, 2.75) is 50.8 Å². The molecule has 4 N–H and O–H groups in total. The van der Waals surface area contributed by atoms with Crippen LogP contribution in [0, 0.1) is 0 Å². The predicted octanol–water partition coefficient (Wildman–Crippen LogP) is 4.01. The number of carbonyl (C=O) groups excluding carboxylic acids is 2. The maximum Gasteiger partial charge on any atom is 0.329 e. The van der Waals surface area contributed by atoms with Crippen molar-refractivity contribution in [2.75, 3.05) is 22.9 Å². The lowest BCUT2D eigenvalue weighted by atomic mass is 10.1. The Bertz CT molecular complexity index is 965. The Kier molecular flexibility index (Phi) is 12.0. The van der Waals surface area contributed by atoms with Gasteiger partial charge in [-0.1, -0.05) is 49.9 Å². The van der Waals surface area contributed by atoms with Crippen molar-refractivity contribution in [1.82, 2.24) is 0 Å². The van der Waals surface area contributed by atoms with Gasteiger partial charge in [0.15, 0.2) is 0 Å². The minimum absolute atomic E-state index is 0.329. The highest BCUT2D eigenvalue weighted by Gasteiger charge is 2.15. The minimum Gasteiger partial charge on any atom is -0.324 e. The van der Waals surface area contributed by atoms with Crippen molar-refractivity contribution in [1.29, 1.82) is 0 Å². The fourth-order valence-electron chi connectivity index (χ4n) is 3.82. The monoisotopic (exact) mass is 540 g/mol. The van der Waals surface area contributed by atoms with E-state index in [0.717, 1.165) is 51.3 Å². The normalized spacial score (nSPS) is 11.8. The number of hydrogen-bond donors (Lipinski definition) is 4. The average Bonchev–Trinajstić information content (AvgIpc) is 2.80. The lowest BCUT2D eigenvalue weighted by molar-refractivity contribution is -0.108. The zero-order valence-corrected chi connectivity index (χ0v) is 21.8. The second-order valence-corrected chi connectivity index (χ2v) is 12.0. The number of nitrogens with zero attached hydrogens (tertiary/aromatic N) is 2. The summed E-state index contributed by atoms with van der Waals surface area (Å²) in [4.78, 5) is 62.3.